The zero-order chi connectivity index (χ0) is 14.4. The summed E-state index contributed by atoms with van der Waals surface area (Å²) in [6.07, 6.45) is 2.20. The Morgan fingerprint density at radius 1 is 1.50 bits per heavy atom. The van der Waals surface area contributed by atoms with Crippen LogP contribution in [-0.2, 0) is 17.8 Å². The molecule has 0 unspecified atom stereocenters. The van der Waals surface area contributed by atoms with Crippen LogP contribution < -0.4 is 15.8 Å². The largest absolute Gasteiger partial charge is 0.481 e. The summed E-state index contributed by atoms with van der Waals surface area (Å²) >= 11 is 0. The number of carbonyl (C=O) groups excluding carboxylic acids is 1. The molecule has 2 aromatic rings. The Labute approximate surface area is 115 Å². The number of nitrogens with one attached hydrogen (secondary N) is 1. The van der Waals surface area contributed by atoms with Crippen molar-refractivity contribution in [1.29, 1.82) is 0 Å². The van der Waals surface area contributed by atoms with Gasteiger partial charge in [0, 0.05) is 18.7 Å². The van der Waals surface area contributed by atoms with E-state index in [0.717, 1.165) is 5.56 Å². The lowest BCUT2D eigenvalue weighted by Gasteiger charge is -1.99. The van der Waals surface area contributed by atoms with Gasteiger partial charge in [-0.2, -0.15) is 4.98 Å². The molecule has 0 saturated carbocycles. The number of aromatic nitrogens is 3. The molecule has 3 N–H and O–H groups in total. The van der Waals surface area contributed by atoms with Gasteiger partial charge in [0.15, 0.2) is 5.82 Å². The first-order chi connectivity index (χ1) is 9.67. The fourth-order valence-corrected chi connectivity index (χ4v) is 1.55. The number of hydrogen-bond donors (Lipinski definition) is 2. The molecular weight excluding hydrogens is 262 g/mol. The lowest BCUT2D eigenvalue weighted by atomic mass is 10.2. The van der Waals surface area contributed by atoms with Crippen molar-refractivity contribution in [2.45, 2.75) is 13.0 Å². The minimum Gasteiger partial charge on any atom is -0.481 e. The zero-order valence-electron chi connectivity index (χ0n) is 11.0. The Morgan fingerprint density at radius 2 is 2.35 bits per heavy atom. The number of hydrogen-bond acceptors (Lipinski definition) is 7. The minimum absolute atomic E-state index is 0.0696. The Kier molecular flexibility index (Phi) is 4.61. The van der Waals surface area contributed by atoms with E-state index >= 15 is 0 Å². The van der Waals surface area contributed by atoms with Crippen LogP contribution >= 0.6 is 0 Å². The minimum atomic E-state index is -0.436. The van der Waals surface area contributed by atoms with Crippen LogP contribution in [0.5, 0.6) is 5.88 Å². The number of nitrogens with two attached hydrogens (primary N) is 1. The number of pyridine rings is 1. The Balaban J connectivity index is 1.89. The fourth-order valence-electron chi connectivity index (χ4n) is 1.55. The van der Waals surface area contributed by atoms with Gasteiger partial charge in [0.25, 0.3) is 0 Å². The third-order valence-electron chi connectivity index (χ3n) is 2.45. The summed E-state index contributed by atoms with van der Waals surface area (Å²) in [4.78, 5) is 18.9. The number of primary amides is 1. The average molecular weight is 277 g/mol. The van der Waals surface area contributed by atoms with Gasteiger partial charge in [0.05, 0.1) is 20.2 Å². The lowest BCUT2D eigenvalue weighted by Crippen LogP contribution is -2.28. The van der Waals surface area contributed by atoms with Crippen LogP contribution in [0.25, 0.3) is 0 Å². The van der Waals surface area contributed by atoms with Gasteiger partial charge in [0.1, 0.15) is 0 Å². The van der Waals surface area contributed by atoms with Gasteiger partial charge in [-0.25, -0.2) is 4.98 Å². The lowest BCUT2D eigenvalue weighted by molar-refractivity contribution is -0.117. The highest BCUT2D eigenvalue weighted by molar-refractivity contribution is 5.75. The van der Waals surface area contributed by atoms with Crippen molar-refractivity contribution in [2.24, 2.45) is 5.73 Å². The number of ether oxygens (including phenoxy) is 1. The molecule has 1 amide bonds. The van der Waals surface area contributed by atoms with E-state index in [2.05, 4.69) is 20.4 Å². The number of nitrogens with zero attached hydrogens (tertiary/aromatic N) is 3. The summed E-state index contributed by atoms with van der Waals surface area (Å²) in [5, 5.41) is 6.64. The highest BCUT2D eigenvalue weighted by Gasteiger charge is 2.07. The topological polar surface area (TPSA) is 116 Å². The van der Waals surface area contributed by atoms with E-state index in [1.165, 1.54) is 0 Å². The molecule has 0 atom stereocenters. The molecule has 0 radical (unpaired) electrons. The highest BCUT2D eigenvalue weighted by Crippen LogP contribution is 2.10. The van der Waals surface area contributed by atoms with Crippen molar-refractivity contribution in [3.05, 3.63) is 35.6 Å². The fraction of sp³-hybridized carbons (Fsp3) is 0.333. The third kappa shape index (κ3) is 4.02. The molecule has 8 nitrogen and oxygen atoms in total. The molecule has 2 heterocycles. The Bertz CT molecular complexity index is 567. The smallest absolute Gasteiger partial charge is 0.240 e. The Hall–Kier alpha value is -2.48. The first-order valence-corrected chi connectivity index (χ1v) is 5.97. The van der Waals surface area contributed by atoms with Crippen LogP contribution in [0.1, 0.15) is 17.3 Å². The predicted octanol–water partition coefficient (Wildman–Crippen LogP) is -0.361. The van der Waals surface area contributed by atoms with Crippen LogP contribution in [-0.4, -0.2) is 34.7 Å². The van der Waals surface area contributed by atoms with Crippen molar-refractivity contribution < 1.29 is 14.1 Å². The second-order valence-electron chi connectivity index (χ2n) is 4.06. The maximum atomic E-state index is 10.6. The second-order valence-corrected chi connectivity index (χ2v) is 4.06. The molecular formula is C12H15N5O3. The van der Waals surface area contributed by atoms with E-state index in [-0.39, 0.29) is 6.54 Å². The summed E-state index contributed by atoms with van der Waals surface area (Å²) in [6.45, 7) is 0.372. The van der Waals surface area contributed by atoms with Crippen LogP contribution in [0.15, 0.2) is 22.9 Å². The normalized spacial score (nSPS) is 10.4. The standard InChI is InChI=1S/C12H15N5O3/c1-19-11-3-2-8(5-15-11)4-10-16-12(20-17-10)7-14-6-9(13)18/h2-3,5,14H,4,6-7H2,1H3,(H2,13,18). The van der Waals surface area contributed by atoms with Gasteiger partial charge in [-0.15, -0.1) is 0 Å². The van der Waals surface area contributed by atoms with Crippen molar-refractivity contribution in [3.63, 3.8) is 0 Å². The van der Waals surface area contributed by atoms with E-state index < -0.39 is 5.91 Å². The van der Waals surface area contributed by atoms with Crippen LogP contribution in [0.2, 0.25) is 0 Å². The van der Waals surface area contributed by atoms with Crippen molar-refractivity contribution in [2.75, 3.05) is 13.7 Å². The zero-order valence-corrected chi connectivity index (χ0v) is 11.0. The number of carbonyl (C=O) groups is 1. The summed E-state index contributed by atoms with van der Waals surface area (Å²) in [5.41, 5.74) is 5.95. The number of amides is 1. The molecule has 0 fully saturated rings. The monoisotopic (exact) mass is 277 g/mol. The van der Waals surface area contributed by atoms with E-state index in [0.29, 0.717) is 30.6 Å². The molecule has 0 aliphatic carbocycles. The molecule has 2 aromatic heterocycles. The molecule has 106 valence electrons. The first-order valence-electron chi connectivity index (χ1n) is 5.97. The summed E-state index contributed by atoms with van der Waals surface area (Å²) < 4.78 is 10.0. The molecule has 0 aromatic carbocycles. The van der Waals surface area contributed by atoms with E-state index in [1.807, 2.05) is 6.07 Å². The maximum Gasteiger partial charge on any atom is 0.240 e. The van der Waals surface area contributed by atoms with Gasteiger partial charge < -0.3 is 15.0 Å². The van der Waals surface area contributed by atoms with E-state index in [4.69, 9.17) is 15.0 Å². The van der Waals surface area contributed by atoms with Crippen molar-refractivity contribution in [3.8, 4) is 5.88 Å². The van der Waals surface area contributed by atoms with Crippen LogP contribution in [0.3, 0.4) is 0 Å². The molecule has 0 bridgehead atoms. The third-order valence-corrected chi connectivity index (χ3v) is 2.45. The molecule has 2 rings (SSSR count). The number of methoxy groups -OCH3 is 1. The van der Waals surface area contributed by atoms with Gasteiger partial charge >= 0.3 is 0 Å². The highest BCUT2D eigenvalue weighted by atomic mass is 16.5. The van der Waals surface area contributed by atoms with Crippen molar-refractivity contribution in [1.82, 2.24) is 20.4 Å². The van der Waals surface area contributed by atoms with Gasteiger partial charge in [0.2, 0.25) is 17.7 Å². The molecule has 0 aliphatic heterocycles. The predicted molar refractivity (Wildman–Crippen MR) is 68.8 cm³/mol. The van der Waals surface area contributed by atoms with Gasteiger partial charge in [-0.1, -0.05) is 11.2 Å². The second kappa shape index (κ2) is 6.62. The number of rotatable bonds is 7. The SMILES string of the molecule is COc1ccc(Cc2noc(CNCC(N)=O)n2)cn1. The molecule has 0 spiro atoms. The first kappa shape index (κ1) is 13.9. The van der Waals surface area contributed by atoms with Crippen LogP contribution in [0.4, 0.5) is 0 Å². The van der Waals surface area contributed by atoms with E-state index in [9.17, 15) is 4.79 Å². The summed E-state index contributed by atoms with van der Waals surface area (Å²) in [7, 11) is 1.56. The summed E-state index contributed by atoms with van der Waals surface area (Å²) in [6, 6.07) is 3.65. The van der Waals surface area contributed by atoms with Gasteiger partial charge in [-0.3, -0.25) is 10.1 Å². The van der Waals surface area contributed by atoms with Crippen LogP contribution in [0, 0.1) is 0 Å². The van der Waals surface area contributed by atoms with Gasteiger partial charge in [-0.05, 0) is 5.56 Å². The molecule has 20 heavy (non-hydrogen) atoms. The maximum absolute atomic E-state index is 10.6. The summed E-state index contributed by atoms with van der Waals surface area (Å²) in [5.74, 6) is 1.07. The van der Waals surface area contributed by atoms with E-state index in [1.54, 1.807) is 19.4 Å². The van der Waals surface area contributed by atoms with Crippen molar-refractivity contribution >= 4 is 5.91 Å². The molecule has 0 aliphatic rings. The average Bonchev–Trinajstić information content (AvgIpc) is 2.87. The Morgan fingerprint density at radius 3 is 3.00 bits per heavy atom. The molecule has 0 saturated heterocycles. The molecule has 8 heteroatoms. The quantitative estimate of drug-likeness (QED) is 0.709.